The van der Waals surface area contributed by atoms with Crippen LogP contribution in [0.3, 0.4) is 0 Å². The fraction of sp³-hybridized carbons (Fsp3) is 0.857. The smallest absolute Gasteiger partial charge is 0.352 e. The summed E-state index contributed by atoms with van der Waals surface area (Å²) >= 11 is 0. The van der Waals surface area contributed by atoms with Gasteiger partial charge in [-0.3, -0.25) is 9.32 Å². The first-order chi connectivity index (χ1) is 6.54. The Hall–Kier alpha value is -0.460. The molecule has 0 aromatic rings. The number of rotatable bonds is 5. The summed E-state index contributed by atoms with van der Waals surface area (Å²) in [6.45, 7) is 4.28. The Labute approximate surface area is 88.2 Å². The van der Waals surface area contributed by atoms with Gasteiger partial charge in [-0.25, -0.2) is 4.57 Å². The largest absolute Gasteiger partial charge is 0.469 e. The first kappa shape index (κ1) is 14.5. The van der Waals surface area contributed by atoms with Crippen LogP contribution in [0, 0.1) is 0 Å². The molecule has 7 nitrogen and oxygen atoms in total. The molecule has 0 bridgehead atoms. The van der Waals surface area contributed by atoms with Gasteiger partial charge in [0.25, 0.3) is 0 Å². The van der Waals surface area contributed by atoms with Crippen LogP contribution in [0.2, 0.25) is 0 Å². The highest BCUT2D eigenvalue weighted by Crippen LogP contribution is 2.36. The minimum atomic E-state index is -4.60. The lowest BCUT2D eigenvalue weighted by Crippen LogP contribution is -2.56. The van der Waals surface area contributed by atoms with E-state index in [0.29, 0.717) is 0 Å². The summed E-state index contributed by atoms with van der Waals surface area (Å²) in [7, 11) is -4.60. The summed E-state index contributed by atoms with van der Waals surface area (Å²) in [6.07, 6.45) is 0. The normalized spacial score (nSPS) is 16.2. The lowest BCUT2D eigenvalue weighted by Gasteiger charge is -2.24. The van der Waals surface area contributed by atoms with Crippen LogP contribution in [0.4, 0.5) is 0 Å². The van der Waals surface area contributed by atoms with Crippen molar-refractivity contribution in [3.05, 3.63) is 0 Å². The maximum absolute atomic E-state index is 11.4. The molecule has 0 rings (SSSR count). The first-order valence-electron chi connectivity index (χ1n) is 4.34. The van der Waals surface area contributed by atoms with Gasteiger partial charge in [0.2, 0.25) is 5.91 Å². The van der Waals surface area contributed by atoms with Crippen LogP contribution in [0.15, 0.2) is 0 Å². The Morgan fingerprint density at radius 2 is 2.07 bits per heavy atom. The van der Waals surface area contributed by atoms with Crippen LogP contribution in [-0.4, -0.2) is 33.9 Å². The van der Waals surface area contributed by atoms with Gasteiger partial charge in [0, 0.05) is 6.04 Å². The van der Waals surface area contributed by atoms with E-state index in [4.69, 9.17) is 15.5 Å². The summed E-state index contributed by atoms with van der Waals surface area (Å²) < 4.78 is 14.6. The van der Waals surface area contributed by atoms with Crippen molar-refractivity contribution >= 4 is 13.7 Å². The van der Waals surface area contributed by atoms with Crippen molar-refractivity contribution in [1.82, 2.24) is 5.32 Å². The van der Waals surface area contributed by atoms with Crippen LogP contribution < -0.4 is 11.1 Å². The second kappa shape index (κ2) is 5.05. The molecule has 0 aromatic carbocycles. The molecule has 0 spiro atoms. The fourth-order valence-electron chi connectivity index (χ4n) is 0.711. The monoisotopic (exact) mass is 240 g/mol. The number of amides is 1. The molecule has 0 radical (unpaired) electrons. The van der Waals surface area contributed by atoms with Crippen molar-refractivity contribution in [2.24, 2.45) is 5.73 Å². The van der Waals surface area contributed by atoms with E-state index in [0.717, 1.165) is 0 Å². The van der Waals surface area contributed by atoms with Gasteiger partial charge >= 0.3 is 7.82 Å². The molecule has 1 unspecified atom stereocenters. The van der Waals surface area contributed by atoms with Crippen LogP contribution in [0.1, 0.15) is 20.8 Å². The number of nitrogens with one attached hydrogen (secondary N) is 1. The van der Waals surface area contributed by atoms with Crippen molar-refractivity contribution in [2.45, 2.75) is 32.4 Å². The summed E-state index contributed by atoms with van der Waals surface area (Å²) in [5.74, 6) is -0.522. The molecule has 90 valence electrons. The van der Waals surface area contributed by atoms with E-state index >= 15 is 0 Å². The van der Waals surface area contributed by atoms with E-state index < -0.39 is 25.9 Å². The van der Waals surface area contributed by atoms with Crippen LogP contribution in [0.25, 0.3) is 0 Å². The number of phosphoric ester groups is 1. The van der Waals surface area contributed by atoms with Gasteiger partial charge in [0.1, 0.15) is 5.54 Å². The van der Waals surface area contributed by atoms with Crippen molar-refractivity contribution < 1.29 is 23.7 Å². The highest BCUT2D eigenvalue weighted by molar-refractivity contribution is 7.46. The molecule has 0 aliphatic heterocycles. The standard InChI is InChI=1S/C7H17N2O5P/c1-5(2)9-6(10)7(3,8)4-14-15(11,12)13/h5H,4,8H2,1-3H3,(H,9,10)(H2,11,12,13). The van der Waals surface area contributed by atoms with E-state index in [1.165, 1.54) is 6.92 Å². The number of hydrogen-bond acceptors (Lipinski definition) is 4. The number of carbonyl (C=O) groups is 1. The second-order valence-corrected chi connectivity index (χ2v) is 5.05. The molecular formula is C7H17N2O5P. The zero-order valence-electron chi connectivity index (χ0n) is 8.93. The molecule has 0 fully saturated rings. The topological polar surface area (TPSA) is 122 Å². The van der Waals surface area contributed by atoms with Gasteiger partial charge in [-0.1, -0.05) is 0 Å². The highest BCUT2D eigenvalue weighted by atomic mass is 31.2. The summed E-state index contributed by atoms with van der Waals surface area (Å²) in [4.78, 5) is 28.3. The fourth-order valence-corrected chi connectivity index (χ4v) is 1.15. The van der Waals surface area contributed by atoms with Gasteiger partial charge in [0.15, 0.2) is 0 Å². The van der Waals surface area contributed by atoms with Gasteiger partial charge in [-0.2, -0.15) is 0 Å². The Balaban J connectivity index is 4.29. The van der Waals surface area contributed by atoms with Crippen molar-refractivity contribution in [2.75, 3.05) is 6.61 Å². The van der Waals surface area contributed by atoms with Gasteiger partial charge < -0.3 is 20.8 Å². The van der Waals surface area contributed by atoms with Gasteiger partial charge in [0.05, 0.1) is 6.61 Å². The van der Waals surface area contributed by atoms with Crippen molar-refractivity contribution in [3.8, 4) is 0 Å². The number of carbonyl (C=O) groups excluding carboxylic acids is 1. The zero-order chi connectivity index (χ0) is 12.3. The van der Waals surface area contributed by atoms with E-state index in [1.807, 2.05) is 0 Å². The summed E-state index contributed by atoms with van der Waals surface area (Å²) in [5, 5.41) is 2.52. The van der Waals surface area contributed by atoms with Crippen molar-refractivity contribution in [3.63, 3.8) is 0 Å². The zero-order valence-corrected chi connectivity index (χ0v) is 9.82. The summed E-state index contributed by atoms with van der Waals surface area (Å²) in [5.41, 5.74) is 4.07. The average molecular weight is 240 g/mol. The molecule has 0 saturated heterocycles. The van der Waals surface area contributed by atoms with Gasteiger partial charge in [-0.15, -0.1) is 0 Å². The number of hydrogen-bond donors (Lipinski definition) is 4. The predicted octanol–water partition coefficient (Wildman–Crippen LogP) is -0.662. The molecule has 0 aromatic heterocycles. The minimum Gasteiger partial charge on any atom is -0.352 e. The SMILES string of the molecule is CC(C)NC(=O)C(C)(N)COP(=O)(O)O. The molecule has 1 amide bonds. The van der Waals surface area contributed by atoms with E-state index in [9.17, 15) is 9.36 Å². The third-order valence-corrected chi connectivity index (χ3v) is 1.94. The van der Waals surface area contributed by atoms with E-state index in [2.05, 4.69) is 9.84 Å². The molecule has 0 saturated carbocycles. The molecule has 5 N–H and O–H groups in total. The summed E-state index contributed by atoms with van der Waals surface area (Å²) in [6, 6.07) is -0.101. The highest BCUT2D eigenvalue weighted by Gasteiger charge is 2.32. The van der Waals surface area contributed by atoms with E-state index in [-0.39, 0.29) is 6.04 Å². The number of nitrogens with two attached hydrogens (primary N) is 1. The molecule has 0 aliphatic rings. The first-order valence-corrected chi connectivity index (χ1v) is 5.87. The van der Waals surface area contributed by atoms with Crippen molar-refractivity contribution in [1.29, 1.82) is 0 Å². The Kier molecular flexibility index (Phi) is 4.89. The molecule has 0 heterocycles. The minimum absolute atomic E-state index is 0.101. The number of phosphoric acid groups is 1. The molecule has 0 aliphatic carbocycles. The molecule has 1 atom stereocenters. The molecular weight excluding hydrogens is 223 g/mol. The molecule has 15 heavy (non-hydrogen) atoms. The van der Waals surface area contributed by atoms with Crippen LogP contribution >= 0.6 is 7.82 Å². The predicted molar refractivity (Wildman–Crippen MR) is 53.9 cm³/mol. The Morgan fingerprint density at radius 3 is 2.40 bits per heavy atom. The average Bonchev–Trinajstić information content (AvgIpc) is 1.98. The second-order valence-electron chi connectivity index (χ2n) is 3.81. The van der Waals surface area contributed by atoms with Crippen LogP contribution in [-0.2, 0) is 13.9 Å². The lowest BCUT2D eigenvalue weighted by molar-refractivity contribution is -0.127. The maximum atomic E-state index is 11.4. The lowest BCUT2D eigenvalue weighted by atomic mass is 10.0. The quantitative estimate of drug-likeness (QED) is 0.473. The molecule has 8 heteroatoms. The maximum Gasteiger partial charge on any atom is 0.469 e. The van der Waals surface area contributed by atoms with E-state index in [1.54, 1.807) is 13.8 Å². The van der Waals surface area contributed by atoms with Gasteiger partial charge in [-0.05, 0) is 20.8 Å². The Morgan fingerprint density at radius 1 is 1.60 bits per heavy atom. The third-order valence-electron chi connectivity index (χ3n) is 1.47. The van der Waals surface area contributed by atoms with Crippen LogP contribution in [0.5, 0.6) is 0 Å². The third kappa shape index (κ3) is 6.59. The Bertz CT molecular complexity index is 273.